The molecule has 4 heteroatoms. The maximum Gasteiger partial charge on any atom is 0.0598 e. The van der Waals surface area contributed by atoms with Crippen molar-refractivity contribution in [1.82, 2.24) is 10.3 Å². The van der Waals surface area contributed by atoms with Crippen LogP contribution in [0.3, 0.4) is 0 Å². The zero-order valence-corrected chi connectivity index (χ0v) is 13.4. The highest BCUT2D eigenvalue weighted by molar-refractivity contribution is 6.30. The molecule has 0 spiro atoms. The van der Waals surface area contributed by atoms with Crippen LogP contribution in [0.4, 0.5) is 5.69 Å². The Labute approximate surface area is 132 Å². The molecule has 21 heavy (non-hydrogen) atoms. The van der Waals surface area contributed by atoms with E-state index in [4.69, 9.17) is 11.6 Å². The SMILES string of the molecule is CCCNCc1ccc(Cl)cc1N(C)Cc1ccccn1. The molecule has 0 unspecified atom stereocenters. The van der Waals surface area contributed by atoms with E-state index in [9.17, 15) is 0 Å². The van der Waals surface area contributed by atoms with Crippen LogP contribution < -0.4 is 10.2 Å². The van der Waals surface area contributed by atoms with Crippen LogP contribution >= 0.6 is 11.6 Å². The average Bonchev–Trinajstić information content (AvgIpc) is 2.50. The van der Waals surface area contributed by atoms with Gasteiger partial charge in [-0.05, 0) is 42.8 Å². The fourth-order valence-corrected chi connectivity index (χ4v) is 2.43. The smallest absolute Gasteiger partial charge is 0.0598 e. The van der Waals surface area contributed by atoms with Gasteiger partial charge in [-0.25, -0.2) is 0 Å². The maximum atomic E-state index is 6.16. The second kappa shape index (κ2) is 8.01. The summed E-state index contributed by atoms with van der Waals surface area (Å²) < 4.78 is 0. The van der Waals surface area contributed by atoms with Crippen molar-refractivity contribution in [2.24, 2.45) is 0 Å². The molecule has 0 aliphatic heterocycles. The summed E-state index contributed by atoms with van der Waals surface area (Å²) in [5.74, 6) is 0. The van der Waals surface area contributed by atoms with Crippen LogP contribution in [0.2, 0.25) is 5.02 Å². The molecule has 0 aliphatic rings. The standard InChI is InChI=1S/C17H22ClN3/c1-3-9-19-12-14-7-8-15(18)11-17(14)21(2)13-16-6-4-5-10-20-16/h4-8,10-11,19H,3,9,12-13H2,1-2H3. The number of aromatic nitrogens is 1. The second-order valence-corrected chi connectivity index (χ2v) is 5.56. The summed E-state index contributed by atoms with van der Waals surface area (Å²) in [4.78, 5) is 6.57. The minimum Gasteiger partial charge on any atom is -0.368 e. The number of hydrogen-bond acceptors (Lipinski definition) is 3. The molecule has 0 aliphatic carbocycles. The van der Waals surface area contributed by atoms with E-state index in [1.54, 1.807) is 0 Å². The molecular weight excluding hydrogens is 282 g/mol. The molecule has 1 N–H and O–H groups in total. The van der Waals surface area contributed by atoms with Gasteiger partial charge < -0.3 is 10.2 Å². The monoisotopic (exact) mass is 303 g/mol. The number of halogens is 1. The number of anilines is 1. The Hall–Kier alpha value is -1.58. The van der Waals surface area contributed by atoms with Gasteiger partial charge in [0, 0.05) is 30.5 Å². The zero-order chi connectivity index (χ0) is 15.1. The fraction of sp³-hybridized carbons (Fsp3) is 0.353. The van der Waals surface area contributed by atoms with Crippen LogP contribution in [0.5, 0.6) is 0 Å². The molecule has 1 aromatic carbocycles. The molecule has 2 rings (SSSR count). The average molecular weight is 304 g/mol. The molecular formula is C17H22ClN3. The predicted octanol–water partition coefficient (Wildman–Crippen LogP) is 3.87. The van der Waals surface area contributed by atoms with Gasteiger partial charge in [-0.15, -0.1) is 0 Å². The van der Waals surface area contributed by atoms with E-state index < -0.39 is 0 Å². The lowest BCUT2D eigenvalue weighted by atomic mass is 10.1. The molecule has 1 aromatic heterocycles. The van der Waals surface area contributed by atoms with Gasteiger partial charge in [-0.3, -0.25) is 4.98 Å². The van der Waals surface area contributed by atoms with E-state index in [1.165, 1.54) is 5.56 Å². The van der Waals surface area contributed by atoms with Gasteiger partial charge in [-0.1, -0.05) is 30.7 Å². The normalized spacial score (nSPS) is 10.6. The van der Waals surface area contributed by atoms with Gasteiger partial charge in [0.05, 0.1) is 12.2 Å². The lowest BCUT2D eigenvalue weighted by Crippen LogP contribution is -2.21. The van der Waals surface area contributed by atoms with E-state index in [2.05, 4.69) is 35.2 Å². The summed E-state index contributed by atoms with van der Waals surface area (Å²) in [7, 11) is 2.07. The van der Waals surface area contributed by atoms with Gasteiger partial charge in [0.15, 0.2) is 0 Å². The highest BCUT2D eigenvalue weighted by atomic mass is 35.5. The number of nitrogens with zero attached hydrogens (tertiary/aromatic N) is 2. The van der Waals surface area contributed by atoms with Crippen molar-refractivity contribution in [2.75, 3.05) is 18.5 Å². The summed E-state index contributed by atoms with van der Waals surface area (Å²) in [5, 5.41) is 4.21. The molecule has 0 fully saturated rings. The number of hydrogen-bond donors (Lipinski definition) is 1. The highest BCUT2D eigenvalue weighted by Gasteiger charge is 2.09. The van der Waals surface area contributed by atoms with Gasteiger partial charge in [-0.2, -0.15) is 0 Å². The number of rotatable bonds is 7. The van der Waals surface area contributed by atoms with Crippen LogP contribution in [0.15, 0.2) is 42.6 Å². The molecule has 1 heterocycles. The number of pyridine rings is 1. The lowest BCUT2D eigenvalue weighted by molar-refractivity contribution is 0.673. The summed E-state index contributed by atoms with van der Waals surface area (Å²) in [6, 6.07) is 12.0. The zero-order valence-electron chi connectivity index (χ0n) is 12.6. The van der Waals surface area contributed by atoms with Crippen LogP contribution in [-0.2, 0) is 13.1 Å². The molecule has 112 valence electrons. The summed E-state index contributed by atoms with van der Waals surface area (Å²) in [6.45, 7) is 4.81. The third kappa shape index (κ3) is 4.73. The second-order valence-electron chi connectivity index (χ2n) is 5.13. The van der Waals surface area contributed by atoms with E-state index in [1.807, 2.05) is 36.5 Å². The first-order valence-corrected chi connectivity index (χ1v) is 7.68. The van der Waals surface area contributed by atoms with Crippen molar-refractivity contribution >= 4 is 17.3 Å². The largest absolute Gasteiger partial charge is 0.368 e. The summed E-state index contributed by atoms with van der Waals surface area (Å²) in [5.41, 5.74) is 3.45. The van der Waals surface area contributed by atoms with Crippen LogP contribution in [-0.4, -0.2) is 18.6 Å². The third-order valence-corrected chi connectivity index (χ3v) is 3.56. The molecule has 0 radical (unpaired) electrons. The summed E-state index contributed by atoms with van der Waals surface area (Å²) >= 11 is 6.16. The topological polar surface area (TPSA) is 28.2 Å². The van der Waals surface area contributed by atoms with Crippen LogP contribution in [0, 0.1) is 0 Å². The molecule has 0 saturated heterocycles. The molecule has 2 aromatic rings. The van der Waals surface area contributed by atoms with Crippen molar-refractivity contribution in [1.29, 1.82) is 0 Å². The maximum absolute atomic E-state index is 6.16. The van der Waals surface area contributed by atoms with Crippen molar-refractivity contribution in [3.05, 3.63) is 58.9 Å². The minimum absolute atomic E-state index is 0.761. The fourth-order valence-electron chi connectivity index (χ4n) is 2.26. The van der Waals surface area contributed by atoms with E-state index >= 15 is 0 Å². The number of benzene rings is 1. The Morgan fingerprint density at radius 2 is 2.10 bits per heavy atom. The Morgan fingerprint density at radius 1 is 1.24 bits per heavy atom. The van der Waals surface area contributed by atoms with Gasteiger partial charge >= 0.3 is 0 Å². The van der Waals surface area contributed by atoms with E-state index in [-0.39, 0.29) is 0 Å². The first kappa shape index (κ1) is 15.8. The van der Waals surface area contributed by atoms with Crippen molar-refractivity contribution < 1.29 is 0 Å². The van der Waals surface area contributed by atoms with Crippen molar-refractivity contribution in [3.8, 4) is 0 Å². The molecule has 0 bridgehead atoms. The third-order valence-electron chi connectivity index (χ3n) is 3.33. The molecule has 0 atom stereocenters. The molecule has 0 amide bonds. The summed E-state index contributed by atoms with van der Waals surface area (Å²) in [6.07, 6.45) is 2.96. The van der Waals surface area contributed by atoms with Gasteiger partial charge in [0.2, 0.25) is 0 Å². The first-order valence-electron chi connectivity index (χ1n) is 7.31. The van der Waals surface area contributed by atoms with Gasteiger partial charge in [0.1, 0.15) is 0 Å². The Kier molecular flexibility index (Phi) is 6.03. The Balaban J connectivity index is 2.14. The van der Waals surface area contributed by atoms with E-state index in [0.717, 1.165) is 42.5 Å². The van der Waals surface area contributed by atoms with Crippen LogP contribution in [0.1, 0.15) is 24.6 Å². The van der Waals surface area contributed by atoms with Crippen LogP contribution in [0.25, 0.3) is 0 Å². The molecule has 0 saturated carbocycles. The van der Waals surface area contributed by atoms with Crippen molar-refractivity contribution in [3.63, 3.8) is 0 Å². The lowest BCUT2D eigenvalue weighted by Gasteiger charge is -2.23. The highest BCUT2D eigenvalue weighted by Crippen LogP contribution is 2.25. The molecule has 3 nitrogen and oxygen atoms in total. The Bertz CT molecular complexity index is 557. The minimum atomic E-state index is 0.761. The quantitative estimate of drug-likeness (QED) is 0.787. The first-order chi connectivity index (χ1) is 10.2. The predicted molar refractivity (Wildman–Crippen MR) is 89.8 cm³/mol. The number of nitrogens with one attached hydrogen (secondary N) is 1. The van der Waals surface area contributed by atoms with Gasteiger partial charge in [0.25, 0.3) is 0 Å². The van der Waals surface area contributed by atoms with E-state index in [0.29, 0.717) is 0 Å². The van der Waals surface area contributed by atoms with Crippen molar-refractivity contribution in [2.45, 2.75) is 26.4 Å². The Morgan fingerprint density at radius 3 is 2.81 bits per heavy atom.